The van der Waals surface area contributed by atoms with E-state index in [0.717, 1.165) is 5.39 Å². The fraction of sp³-hybridized carbons (Fsp3) is 0.190. The van der Waals surface area contributed by atoms with E-state index in [0.29, 0.717) is 28.4 Å². The maximum absolute atomic E-state index is 12.7. The van der Waals surface area contributed by atoms with Crippen LogP contribution in [0, 0.1) is 0 Å². The second kappa shape index (κ2) is 8.39. The van der Waals surface area contributed by atoms with Gasteiger partial charge in [-0.1, -0.05) is 18.2 Å². The summed E-state index contributed by atoms with van der Waals surface area (Å²) in [6, 6.07) is 14.4. The van der Waals surface area contributed by atoms with Crippen molar-refractivity contribution in [3.8, 4) is 11.5 Å². The van der Waals surface area contributed by atoms with Crippen molar-refractivity contribution in [2.24, 2.45) is 0 Å². The molecule has 1 heterocycles. The molecule has 0 saturated heterocycles. The molecule has 0 aliphatic rings. The molecule has 0 aliphatic carbocycles. The first-order chi connectivity index (χ1) is 13.5. The molecule has 0 atom stereocenters. The molecule has 0 bridgehead atoms. The molecule has 0 unspecified atom stereocenters. The zero-order valence-electron chi connectivity index (χ0n) is 15.9. The molecule has 0 spiro atoms. The van der Waals surface area contributed by atoms with Gasteiger partial charge in [0.15, 0.2) is 0 Å². The standard InChI is InChI=1S/C21H21N3O4/c1-14(25)24(18-12-16(27-2)9-10-19(18)28-3)13-20(26)23-17-8-4-6-15-7-5-11-22-21(15)17/h4-12H,13H2,1-3H3,(H,23,26). The normalized spacial score (nSPS) is 10.4. The van der Waals surface area contributed by atoms with Crippen LogP contribution in [0.15, 0.2) is 54.7 Å². The Hall–Kier alpha value is -3.61. The molecule has 7 nitrogen and oxygen atoms in total. The number of nitrogens with zero attached hydrogens (tertiary/aromatic N) is 2. The average Bonchev–Trinajstić information content (AvgIpc) is 2.71. The Morgan fingerprint density at radius 3 is 2.57 bits per heavy atom. The number of para-hydroxylation sites is 1. The van der Waals surface area contributed by atoms with Gasteiger partial charge in [0.1, 0.15) is 18.0 Å². The molecule has 1 aromatic heterocycles. The van der Waals surface area contributed by atoms with E-state index >= 15 is 0 Å². The molecule has 1 N–H and O–H groups in total. The van der Waals surface area contributed by atoms with Crippen LogP contribution in [0.2, 0.25) is 0 Å². The summed E-state index contributed by atoms with van der Waals surface area (Å²) in [4.78, 5) is 30.6. The van der Waals surface area contributed by atoms with Crippen LogP contribution in [0.5, 0.6) is 11.5 Å². The quantitative estimate of drug-likeness (QED) is 0.711. The lowest BCUT2D eigenvalue weighted by molar-refractivity contribution is -0.120. The first kappa shape index (κ1) is 19.2. The summed E-state index contributed by atoms with van der Waals surface area (Å²) in [6.07, 6.45) is 1.67. The Kier molecular flexibility index (Phi) is 5.74. The zero-order chi connectivity index (χ0) is 20.1. The van der Waals surface area contributed by atoms with Crippen LogP contribution >= 0.6 is 0 Å². The van der Waals surface area contributed by atoms with Crippen molar-refractivity contribution < 1.29 is 19.1 Å². The van der Waals surface area contributed by atoms with E-state index < -0.39 is 0 Å². The van der Waals surface area contributed by atoms with Gasteiger partial charge in [-0.05, 0) is 24.3 Å². The van der Waals surface area contributed by atoms with Crippen LogP contribution in [0.1, 0.15) is 6.92 Å². The molecule has 0 aliphatic heterocycles. The number of rotatable bonds is 6. The highest BCUT2D eigenvalue weighted by Crippen LogP contribution is 2.32. The Bertz CT molecular complexity index is 1010. The van der Waals surface area contributed by atoms with Crippen molar-refractivity contribution in [2.75, 3.05) is 31.0 Å². The first-order valence-corrected chi connectivity index (χ1v) is 8.67. The molecule has 0 fully saturated rings. The summed E-state index contributed by atoms with van der Waals surface area (Å²) in [7, 11) is 3.04. The lowest BCUT2D eigenvalue weighted by Gasteiger charge is -2.23. The maximum atomic E-state index is 12.7. The number of hydrogen-bond donors (Lipinski definition) is 1. The molecule has 3 rings (SSSR count). The molecule has 2 amide bonds. The number of aromatic nitrogens is 1. The number of fused-ring (bicyclic) bond motifs is 1. The number of amides is 2. The van der Waals surface area contributed by atoms with Crippen LogP contribution in [0.25, 0.3) is 10.9 Å². The van der Waals surface area contributed by atoms with Gasteiger partial charge in [-0.3, -0.25) is 19.5 Å². The highest BCUT2D eigenvalue weighted by atomic mass is 16.5. The van der Waals surface area contributed by atoms with Gasteiger partial charge in [-0.2, -0.15) is 0 Å². The molecule has 0 radical (unpaired) electrons. The van der Waals surface area contributed by atoms with Crippen molar-refractivity contribution in [2.45, 2.75) is 6.92 Å². The Morgan fingerprint density at radius 2 is 1.86 bits per heavy atom. The highest BCUT2D eigenvalue weighted by molar-refractivity contribution is 6.05. The monoisotopic (exact) mass is 379 g/mol. The molecule has 28 heavy (non-hydrogen) atoms. The second-order valence-corrected chi connectivity index (χ2v) is 6.07. The van der Waals surface area contributed by atoms with E-state index in [-0.39, 0.29) is 18.4 Å². The second-order valence-electron chi connectivity index (χ2n) is 6.07. The van der Waals surface area contributed by atoms with Crippen molar-refractivity contribution in [1.82, 2.24) is 4.98 Å². The maximum Gasteiger partial charge on any atom is 0.244 e. The lowest BCUT2D eigenvalue weighted by Crippen LogP contribution is -2.37. The lowest BCUT2D eigenvalue weighted by atomic mass is 10.2. The summed E-state index contributed by atoms with van der Waals surface area (Å²) in [5.41, 5.74) is 1.73. The van der Waals surface area contributed by atoms with Crippen molar-refractivity contribution in [3.05, 3.63) is 54.7 Å². The number of methoxy groups -OCH3 is 2. The molecule has 0 saturated carbocycles. The molecule has 3 aromatic rings. The van der Waals surface area contributed by atoms with E-state index in [1.165, 1.54) is 26.0 Å². The molecule has 7 heteroatoms. The van der Waals surface area contributed by atoms with E-state index in [2.05, 4.69) is 10.3 Å². The Labute approximate surface area is 162 Å². The van der Waals surface area contributed by atoms with Crippen LogP contribution in [-0.4, -0.2) is 37.6 Å². The van der Waals surface area contributed by atoms with Gasteiger partial charge in [0.25, 0.3) is 0 Å². The summed E-state index contributed by atoms with van der Waals surface area (Å²) in [6.45, 7) is 1.22. The van der Waals surface area contributed by atoms with Gasteiger partial charge in [-0.15, -0.1) is 0 Å². The number of ether oxygens (including phenoxy) is 2. The van der Waals surface area contributed by atoms with E-state index in [9.17, 15) is 9.59 Å². The van der Waals surface area contributed by atoms with Crippen LogP contribution in [0.4, 0.5) is 11.4 Å². The van der Waals surface area contributed by atoms with Gasteiger partial charge < -0.3 is 14.8 Å². The van der Waals surface area contributed by atoms with Crippen LogP contribution in [-0.2, 0) is 9.59 Å². The van der Waals surface area contributed by atoms with Gasteiger partial charge in [0, 0.05) is 24.6 Å². The van der Waals surface area contributed by atoms with Gasteiger partial charge in [0.2, 0.25) is 11.8 Å². The summed E-state index contributed by atoms with van der Waals surface area (Å²) < 4.78 is 10.6. The van der Waals surface area contributed by atoms with Crippen molar-refractivity contribution >= 4 is 34.1 Å². The minimum Gasteiger partial charge on any atom is -0.497 e. The number of anilines is 2. The highest BCUT2D eigenvalue weighted by Gasteiger charge is 2.21. The van der Waals surface area contributed by atoms with Gasteiger partial charge in [-0.25, -0.2) is 0 Å². The van der Waals surface area contributed by atoms with Gasteiger partial charge in [0.05, 0.1) is 31.1 Å². The predicted molar refractivity (Wildman–Crippen MR) is 108 cm³/mol. The number of carbonyl (C=O) groups is 2. The number of pyridine rings is 1. The summed E-state index contributed by atoms with van der Waals surface area (Å²) >= 11 is 0. The van der Waals surface area contributed by atoms with E-state index in [1.54, 1.807) is 30.5 Å². The fourth-order valence-corrected chi connectivity index (χ4v) is 2.91. The Balaban J connectivity index is 1.87. The fourth-order valence-electron chi connectivity index (χ4n) is 2.91. The number of hydrogen-bond acceptors (Lipinski definition) is 5. The predicted octanol–water partition coefficient (Wildman–Crippen LogP) is 3.24. The topological polar surface area (TPSA) is 80.8 Å². The number of carbonyl (C=O) groups excluding carboxylic acids is 2. The van der Waals surface area contributed by atoms with Crippen molar-refractivity contribution in [1.29, 1.82) is 0 Å². The largest absolute Gasteiger partial charge is 0.497 e. The minimum absolute atomic E-state index is 0.178. The smallest absolute Gasteiger partial charge is 0.244 e. The third kappa shape index (κ3) is 4.03. The summed E-state index contributed by atoms with van der Waals surface area (Å²) in [5, 5.41) is 3.75. The number of nitrogens with one attached hydrogen (secondary N) is 1. The van der Waals surface area contributed by atoms with Gasteiger partial charge >= 0.3 is 0 Å². The molecular formula is C21H21N3O4. The van der Waals surface area contributed by atoms with Crippen LogP contribution in [0.3, 0.4) is 0 Å². The van der Waals surface area contributed by atoms with Crippen LogP contribution < -0.4 is 19.7 Å². The molecule has 144 valence electrons. The zero-order valence-corrected chi connectivity index (χ0v) is 15.9. The number of benzene rings is 2. The van der Waals surface area contributed by atoms with E-state index in [4.69, 9.17) is 9.47 Å². The SMILES string of the molecule is COc1ccc(OC)c(N(CC(=O)Nc2cccc3cccnc23)C(C)=O)c1. The third-order valence-corrected chi connectivity index (χ3v) is 4.27. The minimum atomic E-state index is -0.349. The third-order valence-electron chi connectivity index (χ3n) is 4.27. The Morgan fingerprint density at radius 1 is 1.07 bits per heavy atom. The summed E-state index contributed by atoms with van der Waals surface area (Å²) in [5.74, 6) is 0.382. The first-order valence-electron chi connectivity index (χ1n) is 8.67. The average molecular weight is 379 g/mol. The van der Waals surface area contributed by atoms with E-state index in [1.807, 2.05) is 24.3 Å². The molecule has 2 aromatic carbocycles. The molecular weight excluding hydrogens is 358 g/mol. The van der Waals surface area contributed by atoms with Crippen molar-refractivity contribution in [3.63, 3.8) is 0 Å².